The average Bonchev–Trinajstić information content (AvgIpc) is 2.73. The summed E-state index contributed by atoms with van der Waals surface area (Å²) < 4.78 is 32.8. The number of hydrogen-bond acceptors (Lipinski definition) is 2. The van der Waals surface area contributed by atoms with Crippen LogP contribution in [0.1, 0.15) is 48.6 Å². The van der Waals surface area contributed by atoms with Crippen LogP contribution >= 0.6 is 0 Å². The molecule has 4 nitrogen and oxygen atoms in total. The first kappa shape index (κ1) is 21.2. The number of aliphatic imine (C=N–C) groups is 1. The van der Waals surface area contributed by atoms with Crippen LogP contribution in [0.2, 0.25) is 0 Å². The van der Waals surface area contributed by atoms with Crippen molar-refractivity contribution < 1.29 is 13.5 Å². The lowest BCUT2D eigenvalue weighted by Gasteiger charge is -2.33. The zero-order chi connectivity index (χ0) is 20.8. The fourth-order valence-electron chi connectivity index (χ4n) is 3.67. The summed E-state index contributed by atoms with van der Waals surface area (Å²) in [6.07, 6.45) is 2.16. The van der Waals surface area contributed by atoms with Crippen molar-refractivity contribution in [1.29, 1.82) is 0 Å². The Labute approximate surface area is 171 Å². The Kier molecular flexibility index (Phi) is 7.20. The summed E-state index contributed by atoms with van der Waals surface area (Å²) in [7, 11) is 1.70. The Morgan fingerprint density at radius 2 is 1.93 bits per heavy atom. The van der Waals surface area contributed by atoms with E-state index in [0.717, 1.165) is 25.5 Å². The highest BCUT2D eigenvalue weighted by molar-refractivity contribution is 5.80. The topological polar surface area (TPSA) is 45.7 Å². The average molecular weight is 402 g/mol. The molecule has 1 aliphatic heterocycles. The molecule has 0 radical (unpaired) electrons. The quantitative estimate of drug-likeness (QED) is 0.565. The minimum absolute atomic E-state index is 0.0542. The van der Waals surface area contributed by atoms with Gasteiger partial charge in [0.2, 0.25) is 0 Å². The molecule has 2 aromatic carbocycles. The largest absolute Gasteiger partial charge is 0.373 e. The van der Waals surface area contributed by atoms with Crippen molar-refractivity contribution in [2.45, 2.75) is 38.8 Å². The van der Waals surface area contributed by atoms with E-state index in [-0.39, 0.29) is 12.1 Å². The summed E-state index contributed by atoms with van der Waals surface area (Å²) in [5, 5.41) is 6.61. The van der Waals surface area contributed by atoms with E-state index in [1.165, 1.54) is 17.2 Å². The summed E-state index contributed by atoms with van der Waals surface area (Å²) in [5.74, 6) is -0.749. The Hall–Kier alpha value is -2.47. The van der Waals surface area contributed by atoms with Crippen LogP contribution in [0, 0.1) is 24.5 Å². The second-order valence-electron chi connectivity index (χ2n) is 7.60. The highest BCUT2D eigenvalue weighted by atomic mass is 19.2. The molecule has 29 heavy (non-hydrogen) atoms. The van der Waals surface area contributed by atoms with E-state index in [1.807, 2.05) is 6.92 Å². The molecule has 1 saturated heterocycles. The molecule has 0 saturated carbocycles. The van der Waals surface area contributed by atoms with Crippen molar-refractivity contribution in [3.8, 4) is 0 Å². The van der Waals surface area contributed by atoms with Crippen molar-refractivity contribution >= 4 is 5.96 Å². The van der Waals surface area contributed by atoms with E-state index < -0.39 is 11.6 Å². The van der Waals surface area contributed by atoms with Gasteiger partial charge in [-0.1, -0.05) is 35.9 Å². The van der Waals surface area contributed by atoms with E-state index in [2.05, 4.69) is 46.8 Å². The highest BCUT2D eigenvalue weighted by Gasteiger charge is 2.27. The molecule has 3 atom stereocenters. The first-order chi connectivity index (χ1) is 14.0. The van der Waals surface area contributed by atoms with Gasteiger partial charge in [-0.3, -0.25) is 4.99 Å². The third-order valence-corrected chi connectivity index (χ3v) is 5.40. The van der Waals surface area contributed by atoms with E-state index in [4.69, 9.17) is 4.74 Å². The van der Waals surface area contributed by atoms with Crippen molar-refractivity contribution in [2.75, 3.05) is 20.2 Å². The number of nitrogens with one attached hydrogen (secondary N) is 2. The zero-order valence-corrected chi connectivity index (χ0v) is 17.2. The summed E-state index contributed by atoms with van der Waals surface area (Å²) in [6.45, 7) is 5.45. The van der Waals surface area contributed by atoms with Crippen LogP contribution < -0.4 is 10.6 Å². The lowest BCUT2D eigenvalue weighted by atomic mass is 9.89. The van der Waals surface area contributed by atoms with Gasteiger partial charge in [0.1, 0.15) is 0 Å². The van der Waals surface area contributed by atoms with Gasteiger partial charge in [0.25, 0.3) is 0 Å². The van der Waals surface area contributed by atoms with Gasteiger partial charge in [0.05, 0.1) is 12.1 Å². The van der Waals surface area contributed by atoms with E-state index >= 15 is 0 Å². The van der Waals surface area contributed by atoms with Crippen LogP contribution in [0.25, 0.3) is 0 Å². The predicted molar refractivity (Wildman–Crippen MR) is 112 cm³/mol. The zero-order valence-electron chi connectivity index (χ0n) is 17.2. The van der Waals surface area contributed by atoms with Gasteiger partial charge >= 0.3 is 0 Å². The summed E-state index contributed by atoms with van der Waals surface area (Å²) >= 11 is 0. The van der Waals surface area contributed by atoms with E-state index in [0.29, 0.717) is 24.0 Å². The molecule has 0 aliphatic carbocycles. The third-order valence-electron chi connectivity index (χ3n) is 5.40. The maximum atomic E-state index is 13.5. The standard InChI is InChI=1S/C23H29F2N3O/c1-15-6-8-17(9-7-15)22-19(5-4-12-29-22)14-27-23(26-3)28-16(2)18-10-11-20(24)21(25)13-18/h6-11,13,16,19,22H,4-5,12,14H2,1-3H3,(H2,26,27,28). The van der Waals surface area contributed by atoms with Crippen LogP contribution in [0.5, 0.6) is 0 Å². The molecule has 3 rings (SSSR count). The Balaban J connectivity index is 1.61. The van der Waals surface area contributed by atoms with Gasteiger partial charge in [-0.15, -0.1) is 0 Å². The molecule has 1 heterocycles. The van der Waals surface area contributed by atoms with E-state index in [1.54, 1.807) is 13.1 Å². The van der Waals surface area contributed by atoms with Crippen LogP contribution in [0.4, 0.5) is 8.78 Å². The van der Waals surface area contributed by atoms with Crippen LogP contribution in [-0.4, -0.2) is 26.2 Å². The number of halogens is 2. The van der Waals surface area contributed by atoms with Gasteiger partial charge in [-0.2, -0.15) is 0 Å². The maximum Gasteiger partial charge on any atom is 0.191 e. The van der Waals surface area contributed by atoms with Crippen LogP contribution in [-0.2, 0) is 4.74 Å². The van der Waals surface area contributed by atoms with Crippen molar-refractivity contribution in [1.82, 2.24) is 10.6 Å². The summed E-state index contributed by atoms with van der Waals surface area (Å²) in [4.78, 5) is 4.27. The predicted octanol–water partition coefficient (Wildman–Crippen LogP) is 4.67. The van der Waals surface area contributed by atoms with Gasteiger partial charge < -0.3 is 15.4 Å². The van der Waals surface area contributed by atoms with Crippen molar-refractivity contribution in [2.24, 2.45) is 10.9 Å². The van der Waals surface area contributed by atoms with E-state index in [9.17, 15) is 8.78 Å². The number of aryl methyl sites for hydroxylation is 1. The molecule has 0 spiro atoms. The lowest BCUT2D eigenvalue weighted by Crippen LogP contribution is -2.42. The fourth-order valence-corrected chi connectivity index (χ4v) is 3.67. The fraction of sp³-hybridized carbons (Fsp3) is 0.435. The maximum absolute atomic E-state index is 13.5. The highest BCUT2D eigenvalue weighted by Crippen LogP contribution is 2.33. The summed E-state index contributed by atoms with van der Waals surface area (Å²) in [5.41, 5.74) is 3.08. The Morgan fingerprint density at radius 1 is 1.17 bits per heavy atom. The molecule has 156 valence electrons. The lowest BCUT2D eigenvalue weighted by molar-refractivity contribution is -0.0265. The number of hydrogen-bond donors (Lipinski definition) is 2. The molecule has 0 aromatic heterocycles. The number of nitrogens with zero attached hydrogens (tertiary/aromatic N) is 1. The van der Waals surface area contributed by atoms with Gasteiger partial charge in [-0.05, 0) is 49.9 Å². The number of ether oxygens (including phenoxy) is 1. The second kappa shape index (κ2) is 9.83. The number of benzene rings is 2. The number of guanidine groups is 1. The molecule has 2 N–H and O–H groups in total. The minimum Gasteiger partial charge on any atom is -0.373 e. The van der Waals surface area contributed by atoms with Gasteiger partial charge in [-0.25, -0.2) is 8.78 Å². The molecular weight excluding hydrogens is 372 g/mol. The van der Waals surface area contributed by atoms with Gasteiger partial charge in [0, 0.05) is 26.1 Å². The number of rotatable bonds is 5. The molecule has 0 bridgehead atoms. The van der Waals surface area contributed by atoms with Crippen LogP contribution in [0.3, 0.4) is 0 Å². The normalized spacial score (nSPS) is 20.9. The molecular formula is C23H29F2N3O. The Morgan fingerprint density at radius 3 is 2.62 bits per heavy atom. The van der Waals surface area contributed by atoms with Crippen molar-refractivity contribution in [3.63, 3.8) is 0 Å². The second-order valence-corrected chi connectivity index (χ2v) is 7.60. The first-order valence-corrected chi connectivity index (χ1v) is 10.1. The first-order valence-electron chi connectivity index (χ1n) is 10.1. The molecule has 2 aromatic rings. The SMILES string of the molecule is CN=C(NCC1CCCOC1c1ccc(C)cc1)NC(C)c1ccc(F)c(F)c1. The summed E-state index contributed by atoms with van der Waals surface area (Å²) in [6, 6.07) is 12.2. The molecule has 1 fully saturated rings. The molecule has 3 unspecified atom stereocenters. The minimum atomic E-state index is -0.848. The molecule has 0 amide bonds. The van der Waals surface area contributed by atoms with Gasteiger partial charge in [0.15, 0.2) is 17.6 Å². The molecule has 1 aliphatic rings. The van der Waals surface area contributed by atoms with Crippen molar-refractivity contribution in [3.05, 3.63) is 70.8 Å². The molecule has 6 heteroatoms. The van der Waals surface area contributed by atoms with Crippen LogP contribution in [0.15, 0.2) is 47.5 Å². The monoisotopic (exact) mass is 401 g/mol. The smallest absolute Gasteiger partial charge is 0.191 e. The third kappa shape index (κ3) is 5.54. The Bertz CT molecular complexity index is 839.